The molecule has 1 aliphatic heterocycles. The number of carbonyl (C=O) groups is 1. The van der Waals surface area contributed by atoms with E-state index in [0.29, 0.717) is 22.6 Å². The number of hydrogen-bond donors (Lipinski definition) is 0. The lowest BCUT2D eigenvalue weighted by molar-refractivity contribution is -0.129. The largest absolute Gasteiger partial charge is 0.493 e. The van der Waals surface area contributed by atoms with Gasteiger partial charge in [-0.15, -0.1) is 0 Å². The number of cyclic esters (lactones) is 1. The van der Waals surface area contributed by atoms with Crippen LogP contribution in [0.2, 0.25) is 0 Å². The van der Waals surface area contributed by atoms with E-state index in [1.165, 1.54) is 5.56 Å². The highest BCUT2D eigenvalue weighted by Crippen LogP contribution is 2.38. The van der Waals surface area contributed by atoms with Crippen molar-refractivity contribution in [3.63, 3.8) is 0 Å². The molecule has 0 unspecified atom stereocenters. The molecule has 7 heteroatoms. The zero-order valence-corrected chi connectivity index (χ0v) is 20.6. The molecule has 0 atom stereocenters. The molecule has 3 aromatic carbocycles. The fourth-order valence-electron chi connectivity index (χ4n) is 3.20. The highest BCUT2D eigenvalue weighted by atomic mass is 79.9. The second-order valence-electron chi connectivity index (χ2n) is 7.15. The Bertz CT molecular complexity index is 1230. The van der Waals surface area contributed by atoms with Crippen molar-refractivity contribution in [2.24, 2.45) is 4.99 Å². The standard InChI is InChI=1S/C25H19Br2NO4/c1-15-4-3-5-16(10-15)14-31-23-20(27)11-17(13-22(23)30-2)12-21-25(29)32-24(28-21)18-6-8-19(26)9-7-18/h3-13H,14H2,1-2H3/b21-12-. The summed E-state index contributed by atoms with van der Waals surface area (Å²) in [5.74, 6) is 0.905. The van der Waals surface area contributed by atoms with Crippen LogP contribution in [0, 0.1) is 6.92 Å². The molecular formula is C25H19Br2NO4. The van der Waals surface area contributed by atoms with Gasteiger partial charge in [0.2, 0.25) is 5.90 Å². The zero-order valence-electron chi connectivity index (χ0n) is 17.4. The fraction of sp³-hybridized carbons (Fsp3) is 0.120. The Hall–Kier alpha value is -2.90. The Kier molecular flexibility index (Phi) is 6.77. The number of aryl methyl sites for hydroxylation is 1. The van der Waals surface area contributed by atoms with Gasteiger partial charge in [-0.25, -0.2) is 9.79 Å². The lowest BCUT2D eigenvalue weighted by Gasteiger charge is -2.14. The topological polar surface area (TPSA) is 57.1 Å². The van der Waals surface area contributed by atoms with Crippen LogP contribution in [0.25, 0.3) is 6.08 Å². The van der Waals surface area contributed by atoms with Crippen LogP contribution in [0.1, 0.15) is 22.3 Å². The molecule has 0 bridgehead atoms. The third kappa shape index (κ3) is 5.11. The van der Waals surface area contributed by atoms with Gasteiger partial charge >= 0.3 is 5.97 Å². The molecule has 0 spiro atoms. The second kappa shape index (κ2) is 9.71. The van der Waals surface area contributed by atoms with Crippen LogP contribution >= 0.6 is 31.9 Å². The molecule has 0 aliphatic carbocycles. The summed E-state index contributed by atoms with van der Waals surface area (Å²) in [5.41, 5.74) is 3.90. The van der Waals surface area contributed by atoms with E-state index < -0.39 is 5.97 Å². The molecule has 0 saturated heterocycles. The summed E-state index contributed by atoms with van der Waals surface area (Å²) in [5, 5.41) is 0. The van der Waals surface area contributed by atoms with Gasteiger partial charge in [0.1, 0.15) is 6.61 Å². The summed E-state index contributed by atoms with van der Waals surface area (Å²) in [6.07, 6.45) is 1.66. The molecule has 0 aromatic heterocycles. The Morgan fingerprint density at radius 2 is 1.84 bits per heavy atom. The summed E-state index contributed by atoms with van der Waals surface area (Å²) in [6.45, 7) is 2.45. The summed E-state index contributed by atoms with van der Waals surface area (Å²) >= 11 is 6.95. The van der Waals surface area contributed by atoms with Gasteiger partial charge in [0.25, 0.3) is 0 Å². The maximum absolute atomic E-state index is 12.3. The average molecular weight is 557 g/mol. The molecule has 0 N–H and O–H groups in total. The third-order valence-electron chi connectivity index (χ3n) is 4.73. The van der Waals surface area contributed by atoms with Crippen molar-refractivity contribution in [1.29, 1.82) is 0 Å². The first-order chi connectivity index (χ1) is 15.4. The van der Waals surface area contributed by atoms with Crippen molar-refractivity contribution in [2.75, 3.05) is 7.11 Å². The summed E-state index contributed by atoms with van der Waals surface area (Å²) in [4.78, 5) is 16.7. The maximum atomic E-state index is 12.3. The van der Waals surface area contributed by atoms with Crippen LogP contribution in [0.5, 0.6) is 11.5 Å². The van der Waals surface area contributed by atoms with E-state index in [-0.39, 0.29) is 11.6 Å². The highest BCUT2D eigenvalue weighted by molar-refractivity contribution is 9.10. The minimum atomic E-state index is -0.502. The van der Waals surface area contributed by atoms with E-state index in [0.717, 1.165) is 21.2 Å². The van der Waals surface area contributed by atoms with Gasteiger partial charge in [-0.05, 0) is 76.5 Å². The molecule has 0 radical (unpaired) electrons. The van der Waals surface area contributed by atoms with Gasteiger partial charge in [-0.2, -0.15) is 0 Å². The summed E-state index contributed by atoms with van der Waals surface area (Å²) < 4.78 is 18.5. The molecule has 3 aromatic rings. The number of carbonyl (C=O) groups excluding carboxylic acids is 1. The normalized spacial score (nSPS) is 14.3. The predicted octanol–water partition coefficient (Wildman–Crippen LogP) is 6.45. The van der Waals surface area contributed by atoms with Crippen LogP contribution < -0.4 is 9.47 Å². The molecule has 5 nitrogen and oxygen atoms in total. The van der Waals surface area contributed by atoms with Crippen LogP contribution in [0.15, 0.2) is 80.3 Å². The lowest BCUT2D eigenvalue weighted by atomic mass is 10.1. The Morgan fingerprint density at radius 1 is 1.06 bits per heavy atom. The number of methoxy groups -OCH3 is 1. The smallest absolute Gasteiger partial charge is 0.363 e. The number of hydrogen-bond acceptors (Lipinski definition) is 5. The lowest BCUT2D eigenvalue weighted by Crippen LogP contribution is -2.05. The number of halogens is 2. The molecule has 0 fully saturated rings. The molecule has 0 saturated carbocycles. The zero-order chi connectivity index (χ0) is 22.7. The molecule has 1 heterocycles. The Labute approximate surface area is 203 Å². The number of aliphatic imine (C=N–C) groups is 1. The van der Waals surface area contributed by atoms with Crippen LogP contribution in [-0.4, -0.2) is 19.0 Å². The third-order valence-corrected chi connectivity index (χ3v) is 5.85. The first-order valence-corrected chi connectivity index (χ1v) is 11.4. The first kappa shape index (κ1) is 22.3. The minimum Gasteiger partial charge on any atom is -0.493 e. The van der Waals surface area contributed by atoms with E-state index in [1.54, 1.807) is 19.3 Å². The average Bonchev–Trinajstić information content (AvgIpc) is 3.13. The number of ether oxygens (including phenoxy) is 3. The summed E-state index contributed by atoms with van der Waals surface area (Å²) in [6, 6.07) is 19.2. The molecule has 162 valence electrons. The monoisotopic (exact) mass is 555 g/mol. The van der Waals surface area contributed by atoms with E-state index in [4.69, 9.17) is 14.2 Å². The quantitative estimate of drug-likeness (QED) is 0.258. The summed E-state index contributed by atoms with van der Waals surface area (Å²) in [7, 11) is 1.58. The number of esters is 1. The molecular weight excluding hydrogens is 538 g/mol. The van der Waals surface area contributed by atoms with Crippen LogP contribution in [0.3, 0.4) is 0 Å². The number of nitrogens with zero attached hydrogens (tertiary/aromatic N) is 1. The van der Waals surface area contributed by atoms with E-state index in [9.17, 15) is 4.79 Å². The van der Waals surface area contributed by atoms with Crippen molar-refractivity contribution >= 4 is 49.8 Å². The van der Waals surface area contributed by atoms with Crippen molar-refractivity contribution in [2.45, 2.75) is 13.5 Å². The van der Waals surface area contributed by atoms with Gasteiger partial charge in [0.05, 0.1) is 11.6 Å². The van der Waals surface area contributed by atoms with Crippen molar-refractivity contribution < 1.29 is 19.0 Å². The number of benzene rings is 3. The van der Waals surface area contributed by atoms with Crippen LogP contribution in [0.4, 0.5) is 0 Å². The van der Waals surface area contributed by atoms with Gasteiger partial charge < -0.3 is 14.2 Å². The Morgan fingerprint density at radius 3 is 2.56 bits per heavy atom. The van der Waals surface area contributed by atoms with E-state index >= 15 is 0 Å². The van der Waals surface area contributed by atoms with E-state index in [1.807, 2.05) is 55.5 Å². The Balaban J connectivity index is 1.59. The van der Waals surface area contributed by atoms with Crippen molar-refractivity contribution in [3.8, 4) is 11.5 Å². The SMILES string of the molecule is COc1cc(/C=C2\N=C(c3ccc(Br)cc3)OC2=O)cc(Br)c1OCc1cccc(C)c1. The molecule has 1 aliphatic rings. The van der Waals surface area contributed by atoms with Crippen molar-refractivity contribution in [3.05, 3.63) is 97.6 Å². The van der Waals surface area contributed by atoms with Gasteiger partial charge in [-0.1, -0.05) is 45.8 Å². The second-order valence-corrected chi connectivity index (χ2v) is 8.92. The molecule has 32 heavy (non-hydrogen) atoms. The van der Waals surface area contributed by atoms with Crippen molar-refractivity contribution in [1.82, 2.24) is 0 Å². The number of rotatable bonds is 6. The maximum Gasteiger partial charge on any atom is 0.363 e. The fourth-order valence-corrected chi connectivity index (χ4v) is 4.04. The van der Waals surface area contributed by atoms with E-state index in [2.05, 4.69) is 42.9 Å². The molecule has 4 rings (SSSR count). The van der Waals surface area contributed by atoms with Gasteiger partial charge in [0.15, 0.2) is 17.2 Å². The molecule has 0 amide bonds. The minimum absolute atomic E-state index is 0.213. The first-order valence-electron chi connectivity index (χ1n) is 9.77. The van der Waals surface area contributed by atoms with Gasteiger partial charge in [-0.3, -0.25) is 0 Å². The predicted molar refractivity (Wildman–Crippen MR) is 131 cm³/mol. The van der Waals surface area contributed by atoms with Crippen LogP contribution in [-0.2, 0) is 16.1 Å². The van der Waals surface area contributed by atoms with Gasteiger partial charge in [0, 0.05) is 10.0 Å². The highest BCUT2D eigenvalue weighted by Gasteiger charge is 2.24.